The van der Waals surface area contributed by atoms with Gasteiger partial charge >= 0.3 is 0 Å². The van der Waals surface area contributed by atoms with Gasteiger partial charge in [-0.25, -0.2) is 9.97 Å². The lowest BCUT2D eigenvalue weighted by molar-refractivity contribution is 0.901. The van der Waals surface area contributed by atoms with Gasteiger partial charge in [-0.3, -0.25) is 0 Å². The largest absolute Gasteiger partial charge is 0.373 e. The van der Waals surface area contributed by atoms with Crippen molar-refractivity contribution in [1.82, 2.24) is 9.97 Å². The Morgan fingerprint density at radius 2 is 2.06 bits per heavy atom. The second-order valence-corrected chi connectivity index (χ2v) is 4.45. The first-order valence-electron chi connectivity index (χ1n) is 5.57. The molecule has 0 bridgehead atoms. The Morgan fingerprint density at radius 3 is 2.69 bits per heavy atom. The van der Waals surface area contributed by atoms with Crippen molar-refractivity contribution in [3.8, 4) is 0 Å². The van der Waals surface area contributed by atoms with Gasteiger partial charge in [0, 0.05) is 24.9 Å². The van der Waals surface area contributed by atoms with Gasteiger partial charge in [0.2, 0.25) is 0 Å². The fourth-order valence-corrected chi connectivity index (χ4v) is 1.84. The lowest BCUT2D eigenvalue weighted by Crippen LogP contribution is -2.10. The summed E-state index contributed by atoms with van der Waals surface area (Å²) in [7, 11) is 1.90. The van der Waals surface area contributed by atoms with Gasteiger partial charge in [-0.05, 0) is 12.7 Å². The van der Waals surface area contributed by atoms with Gasteiger partial charge in [0.15, 0.2) is 0 Å². The molecule has 0 amide bonds. The molecule has 0 atom stereocenters. The molecule has 0 fully saturated rings. The maximum absolute atomic E-state index is 4.31. The van der Waals surface area contributed by atoms with E-state index in [2.05, 4.69) is 33.8 Å². The van der Waals surface area contributed by atoms with Crippen LogP contribution in [0.3, 0.4) is 0 Å². The van der Waals surface area contributed by atoms with Crippen LogP contribution in [0.4, 0.5) is 11.6 Å². The minimum absolute atomic E-state index is 0.934. The highest BCUT2D eigenvalue weighted by molar-refractivity contribution is 7.98. The highest BCUT2D eigenvalue weighted by Gasteiger charge is 2.08. The van der Waals surface area contributed by atoms with Crippen LogP contribution in [0, 0.1) is 0 Å². The number of anilines is 2. The molecule has 0 saturated heterocycles. The zero-order valence-corrected chi connectivity index (χ0v) is 11.0. The van der Waals surface area contributed by atoms with Crippen molar-refractivity contribution in [3.05, 3.63) is 11.9 Å². The predicted molar refractivity (Wildman–Crippen MR) is 72.4 cm³/mol. The Balaban J connectivity index is 2.79. The van der Waals surface area contributed by atoms with Crippen LogP contribution >= 0.6 is 11.8 Å². The fourth-order valence-electron chi connectivity index (χ4n) is 1.54. The standard InChI is InChI=1S/C11H20N4S/c1-4-5-9-10(12-2)14-8-15-11(9)13-6-7-16-3/h8H,4-7H2,1-3H3,(H2,12,13,14,15). The SMILES string of the molecule is CCCc1c(NC)ncnc1NCCSC. The first-order chi connectivity index (χ1) is 7.83. The van der Waals surface area contributed by atoms with E-state index >= 15 is 0 Å². The van der Waals surface area contributed by atoms with Crippen molar-refractivity contribution in [3.63, 3.8) is 0 Å². The van der Waals surface area contributed by atoms with Crippen molar-refractivity contribution >= 4 is 23.4 Å². The summed E-state index contributed by atoms with van der Waals surface area (Å²) in [4.78, 5) is 8.54. The van der Waals surface area contributed by atoms with E-state index in [0.717, 1.165) is 36.8 Å². The van der Waals surface area contributed by atoms with E-state index in [4.69, 9.17) is 0 Å². The summed E-state index contributed by atoms with van der Waals surface area (Å²) in [5, 5.41) is 6.48. The summed E-state index contributed by atoms with van der Waals surface area (Å²) in [6.07, 6.45) is 5.80. The molecule has 0 aromatic carbocycles. The predicted octanol–water partition coefficient (Wildman–Crippen LogP) is 2.25. The Hall–Kier alpha value is -0.970. The third-order valence-corrected chi connectivity index (χ3v) is 2.89. The van der Waals surface area contributed by atoms with Crippen molar-refractivity contribution in [1.29, 1.82) is 0 Å². The topological polar surface area (TPSA) is 49.8 Å². The summed E-state index contributed by atoms with van der Waals surface area (Å²) in [5.74, 6) is 2.99. The fraction of sp³-hybridized carbons (Fsp3) is 0.636. The van der Waals surface area contributed by atoms with E-state index in [9.17, 15) is 0 Å². The Morgan fingerprint density at radius 1 is 1.31 bits per heavy atom. The van der Waals surface area contributed by atoms with Gasteiger partial charge in [0.1, 0.15) is 18.0 Å². The van der Waals surface area contributed by atoms with Crippen LogP contribution in [0.25, 0.3) is 0 Å². The second-order valence-electron chi connectivity index (χ2n) is 3.47. The van der Waals surface area contributed by atoms with Gasteiger partial charge in [0.05, 0.1) is 0 Å². The number of rotatable bonds is 7. The van der Waals surface area contributed by atoms with Gasteiger partial charge in [-0.1, -0.05) is 13.3 Å². The highest BCUT2D eigenvalue weighted by Crippen LogP contribution is 2.20. The minimum Gasteiger partial charge on any atom is -0.373 e. The molecule has 1 aromatic rings. The molecule has 0 spiro atoms. The van der Waals surface area contributed by atoms with E-state index in [1.54, 1.807) is 6.33 Å². The molecule has 0 aliphatic carbocycles. The summed E-state index contributed by atoms with van der Waals surface area (Å²) in [5.41, 5.74) is 1.19. The molecule has 90 valence electrons. The molecule has 0 unspecified atom stereocenters. The zero-order valence-electron chi connectivity index (χ0n) is 10.2. The quantitative estimate of drug-likeness (QED) is 0.716. The average Bonchev–Trinajstić information content (AvgIpc) is 2.31. The van der Waals surface area contributed by atoms with Crippen molar-refractivity contribution in [2.45, 2.75) is 19.8 Å². The molecule has 16 heavy (non-hydrogen) atoms. The molecular weight excluding hydrogens is 220 g/mol. The second kappa shape index (κ2) is 7.33. The number of thioether (sulfide) groups is 1. The van der Waals surface area contributed by atoms with E-state index in [-0.39, 0.29) is 0 Å². The van der Waals surface area contributed by atoms with Gasteiger partial charge in [0.25, 0.3) is 0 Å². The van der Waals surface area contributed by atoms with Crippen molar-refractivity contribution < 1.29 is 0 Å². The van der Waals surface area contributed by atoms with E-state index in [1.165, 1.54) is 5.56 Å². The van der Waals surface area contributed by atoms with Crippen LogP contribution in [0.2, 0.25) is 0 Å². The molecule has 0 aliphatic rings. The molecule has 1 rings (SSSR count). The summed E-state index contributed by atoms with van der Waals surface area (Å²) >= 11 is 1.83. The zero-order chi connectivity index (χ0) is 11.8. The number of nitrogens with zero attached hydrogens (tertiary/aromatic N) is 2. The lowest BCUT2D eigenvalue weighted by Gasteiger charge is -2.13. The van der Waals surface area contributed by atoms with E-state index in [0.29, 0.717) is 0 Å². The molecule has 4 nitrogen and oxygen atoms in total. The summed E-state index contributed by atoms with van der Waals surface area (Å²) in [6, 6.07) is 0. The monoisotopic (exact) mass is 240 g/mol. The lowest BCUT2D eigenvalue weighted by atomic mass is 10.1. The Kier molecular flexibility index (Phi) is 6.00. The van der Waals surface area contributed by atoms with Crippen molar-refractivity contribution in [2.24, 2.45) is 0 Å². The third kappa shape index (κ3) is 3.56. The van der Waals surface area contributed by atoms with Crippen LogP contribution in [0.1, 0.15) is 18.9 Å². The van der Waals surface area contributed by atoms with Crippen LogP contribution in [0.15, 0.2) is 6.33 Å². The third-order valence-electron chi connectivity index (χ3n) is 2.28. The molecule has 0 aliphatic heterocycles. The van der Waals surface area contributed by atoms with Crippen LogP contribution in [-0.4, -0.2) is 35.6 Å². The van der Waals surface area contributed by atoms with Gasteiger partial charge in [-0.15, -0.1) is 0 Å². The maximum Gasteiger partial charge on any atom is 0.134 e. The van der Waals surface area contributed by atoms with Crippen LogP contribution < -0.4 is 10.6 Å². The molecule has 5 heteroatoms. The molecule has 1 heterocycles. The minimum atomic E-state index is 0.934. The van der Waals surface area contributed by atoms with Crippen LogP contribution in [-0.2, 0) is 6.42 Å². The molecule has 0 radical (unpaired) electrons. The summed E-state index contributed by atoms with van der Waals surface area (Å²) in [6.45, 7) is 3.11. The van der Waals surface area contributed by atoms with E-state index < -0.39 is 0 Å². The van der Waals surface area contributed by atoms with Crippen molar-refractivity contribution in [2.75, 3.05) is 36.2 Å². The Bertz CT molecular complexity index is 317. The molecule has 0 saturated carbocycles. The first-order valence-corrected chi connectivity index (χ1v) is 6.97. The summed E-state index contributed by atoms with van der Waals surface area (Å²) < 4.78 is 0. The molecule has 2 N–H and O–H groups in total. The Labute approximate surface area is 102 Å². The van der Waals surface area contributed by atoms with Gasteiger partial charge < -0.3 is 10.6 Å². The number of hydrogen-bond acceptors (Lipinski definition) is 5. The number of hydrogen-bond donors (Lipinski definition) is 2. The molecule has 1 aromatic heterocycles. The molecular formula is C11H20N4S. The van der Waals surface area contributed by atoms with Crippen LogP contribution in [0.5, 0.6) is 0 Å². The average molecular weight is 240 g/mol. The number of nitrogens with one attached hydrogen (secondary N) is 2. The van der Waals surface area contributed by atoms with Gasteiger partial charge in [-0.2, -0.15) is 11.8 Å². The maximum atomic E-state index is 4.31. The smallest absolute Gasteiger partial charge is 0.134 e. The normalized spacial score (nSPS) is 10.2. The van der Waals surface area contributed by atoms with E-state index in [1.807, 2.05) is 18.8 Å². The first kappa shape index (κ1) is 13.1. The highest BCUT2D eigenvalue weighted by atomic mass is 32.2. The number of aromatic nitrogens is 2.